The third kappa shape index (κ3) is 3.49. The number of para-hydroxylation sites is 1. The van der Waals surface area contributed by atoms with Gasteiger partial charge in [0.25, 0.3) is 0 Å². The van der Waals surface area contributed by atoms with Crippen LogP contribution in [-0.2, 0) is 15.7 Å². The first-order valence-electron chi connectivity index (χ1n) is 6.73. The number of alkyl halides is 1. The van der Waals surface area contributed by atoms with Crippen LogP contribution in [0.1, 0.15) is 25.7 Å². The molecule has 1 aromatic heterocycles. The molecular weight excluding hydrogens is 312 g/mol. The van der Waals surface area contributed by atoms with Crippen molar-refractivity contribution in [3.63, 3.8) is 0 Å². The maximum Gasteiger partial charge on any atom is 0.149 e. The van der Waals surface area contributed by atoms with Crippen LogP contribution in [0.5, 0.6) is 5.75 Å². The lowest BCUT2D eigenvalue weighted by Gasteiger charge is -2.16. The van der Waals surface area contributed by atoms with Crippen molar-refractivity contribution in [1.29, 1.82) is 0 Å². The van der Waals surface area contributed by atoms with Gasteiger partial charge in [-0.3, -0.25) is 0 Å². The lowest BCUT2D eigenvalue weighted by atomic mass is 10.2. The topological polar surface area (TPSA) is 61.2 Å². The molecule has 1 atom stereocenters. The molecule has 116 valence electrons. The molecule has 0 fully saturated rings. The standard InChI is InChI=1S/C14H19ClN2O3S/c1-4-20-12-7-5-6-11-14(12)16-13(8-15)17(11)10(2)9-21(3,18)19/h5-7,10H,4,8-9H2,1-3H3. The fraction of sp³-hybridized carbons (Fsp3) is 0.500. The zero-order chi connectivity index (χ0) is 15.6. The Bertz CT molecular complexity index is 740. The first-order valence-corrected chi connectivity index (χ1v) is 9.33. The van der Waals surface area contributed by atoms with E-state index in [2.05, 4.69) is 4.98 Å². The van der Waals surface area contributed by atoms with E-state index in [0.29, 0.717) is 18.2 Å². The van der Waals surface area contributed by atoms with E-state index in [-0.39, 0.29) is 17.7 Å². The van der Waals surface area contributed by atoms with Crippen LogP contribution in [-0.4, -0.2) is 36.6 Å². The molecule has 1 heterocycles. The summed E-state index contributed by atoms with van der Waals surface area (Å²) < 4.78 is 30.6. The zero-order valence-electron chi connectivity index (χ0n) is 12.3. The Kier molecular flexibility index (Phi) is 4.78. The van der Waals surface area contributed by atoms with Gasteiger partial charge in [-0.05, 0) is 26.0 Å². The second-order valence-electron chi connectivity index (χ2n) is 5.03. The number of halogens is 1. The van der Waals surface area contributed by atoms with Gasteiger partial charge in [0.05, 0.1) is 23.8 Å². The van der Waals surface area contributed by atoms with Gasteiger partial charge in [0.1, 0.15) is 26.9 Å². The molecule has 0 radical (unpaired) electrons. The van der Waals surface area contributed by atoms with Crippen molar-refractivity contribution >= 4 is 32.5 Å². The minimum Gasteiger partial charge on any atom is -0.492 e. The summed E-state index contributed by atoms with van der Waals surface area (Å²) in [6.45, 7) is 4.30. The number of nitrogens with zero attached hydrogens (tertiary/aromatic N) is 2. The summed E-state index contributed by atoms with van der Waals surface area (Å²) >= 11 is 5.97. The molecule has 21 heavy (non-hydrogen) atoms. The second-order valence-corrected chi connectivity index (χ2v) is 7.48. The van der Waals surface area contributed by atoms with Crippen molar-refractivity contribution in [1.82, 2.24) is 9.55 Å². The van der Waals surface area contributed by atoms with Gasteiger partial charge in [0.15, 0.2) is 0 Å². The lowest BCUT2D eigenvalue weighted by Crippen LogP contribution is -2.18. The first-order chi connectivity index (χ1) is 9.87. The normalized spacial score (nSPS) is 13.5. The molecule has 0 aliphatic heterocycles. The van der Waals surface area contributed by atoms with E-state index >= 15 is 0 Å². The molecule has 0 aliphatic carbocycles. The SMILES string of the molecule is CCOc1cccc2c1nc(CCl)n2C(C)CS(C)(=O)=O. The minimum atomic E-state index is -3.09. The Labute approximate surface area is 129 Å². The van der Waals surface area contributed by atoms with Crippen molar-refractivity contribution in [3.05, 3.63) is 24.0 Å². The van der Waals surface area contributed by atoms with E-state index in [9.17, 15) is 8.42 Å². The highest BCUT2D eigenvalue weighted by Gasteiger charge is 2.20. The highest BCUT2D eigenvalue weighted by molar-refractivity contribution is 7.90. The Hall–Kier alpha value is -1.27. The monoisotopic (exact) mass is 330 g/mol. The fourth-order valence-electron chi connectivity index (χ4n) is 2.51. The number of rotatable bonds is 6. The number of aromatic nitrogens is 2. The van der Waals surface area contributed by atoms with Crippen LogP contribution in [0.3, 0.4) is 0 Å². The molecule has 7 heteroatoms. The summed E-state index contributed by atoms with van der Waals surface area (Å²) in [7, 11) is -3.09. The van der Waals surface area contributed by atoms with Crippen LogP contribution in [0.25, 0.3) is 11.0 Å². The summed E-state index contributed by atoms with van der Waals surface area (Å²) in [5.74, 6) is 1.59. The minimum absolute atomic E-state index is 0.0429. The van der Waals surface area contributed by atoms with Crippen molar-refractivity contribution in [2.75, 3.05) is 18.6 Å². The van der Waals surface area contributed by atoms with E-state index in [1.54, 1.807) is 0 Å². The Balaban J connectivity index is 2.59. The van der Waals surface area contributed by atoms with Crippen molar-refractivity contribution in [2.45, 2.75) is 25.8 Å². The van der Waals surface area contributed by atoms with Gasteiger partial charge in [-0.2, -0.15) is 0 Å². The number of ether oxygens (including phenoxy) is 1. The second kappa shape index (κ2) is 6.23. The summed E-state index contributed by atoms with van der Waals surface area (Å²) in [6.07, 6.45) is 1.23. The molecule has 0 aliphatic rings. The van der Waals surface area contributed by atoms with Gasteiger partial charge in [-0.25, -0.2) is 13.4 Å². The van der Waals surface area contributed by atoms with E-state index in [4.69, 9.17) is 16.3 Å². The fourth-order valence-corrected chi connectivity index (χ4v) is 3.72. The summed E-state index contributed by atoms with van der Waals surface area (Å²) in [5.41, 5.74) is 1.56. The van der Waals surface area contributed by atoms with Gasteiger partial charge in [-0.1, -0.05) is 6.07 Å². The van der Waals surface area contributed by atoms with Crippen molar-refractivity contribution in [3.8, 4) is 5.75 Å². The van der Waals surface area contributed by atoms with Gasteiger partial charge in [0, 0.05) is 12.3 Å². The van der Waals surface area contributed by atoms with E-state index in [0.717, 1.165) is 11.0 Å². The molecule has 0 saturated carbocycles. The number of hydrogen-bond donors (Lipinski definition) is 0. The summed E-state index contributed by atoms with van der Waals surface area (Å²) in [4.78, 5) is 4.51. The average Bonchev–Trinajstić information content (AvgIpc) is 2.76. The molecule has 5 nitrogen and oxygen atoms in total. The number of benzene rings is 1. The maximum atomic E-state index is 11.6. The molecule has 0 bridgehead atoms. The maximum absolute atomic E-state index is 11.6. The molecule has 1 unspecified atom stereocenters. The van der Waals surface area contributed by atoms with Gasteiger partial charge >= 0.3 is 0 Å². The smallest absolute Gasteiger partial charge is 0.149 e. The largest absolute Gasteiger partial charge is 0.492 e. The van der Waals surface area contributed by atoms with E-state index in [1.807, 2.05) is 36.6 Å². The molecule has 2 rings (SSSR count). The quantitative estimate of drug-likeness (QED) is 0.764. The Morgan fingerprint density at radius 3 is 2.71 bits per heavy atom. The Morgan fingerprint density at radius 1 is 1.43 bits per heavy atom. The van der Waals surface area contributed by atoms with Crippen LogP contribution in [0.2, 0.25) is 0 Å². The Morgan fingerprint density at radius 2 is 2.14 bits per heavy atom. The summed E-state index contributed by atoms with van der Waals surface area (Å²) in [6, 6.07) is 5.38. The molecular formula is C14H19ClN2O3S. The predicted octanol–water partition coefficient (Wildman–Crippen LogP) is 2.78. The van der Waals surface area contributed by atoms with Crippen molar-refractivity contribution in [2.24, 2.45) is 0 Å². The van der Waals surface area contributed by atoms with Crippen LogP contribution >= 0.6 is 11.6 Å². The molecule has 0 amide bonds. The molecule has 0 N–H and O–H groups in total. The van der Waals surface area contributed by atoms with Gasteiger partial charge in [0.2, 0.25) is 0 Å². The number of hydrogen-bond acceptors (Lipinski definition) is 4. The van der Waals surface area contributed by atoms with Gasteiger partial charge < -0.3 is 9.30 Å². The van der Waals surface area contributed by atoms with Crippen LogP contribution in [0, 0.1) is 0 Å². The molecule has 0 saturated heterocycles. The van der Waals surface area contributed by atoms with E-state index in [1.165, 1.54) is 6.26 Å². The third-order valence-electron chi connectivity index (χ3n) is 3.16. The lowest BCUT2D eigenvalue weighted by molar-refractivity contribution is 0.343. The summed E-state index contributed by atoms with van der Waals surface area (Å²) in [5, 5.41) is 0. The first kappa shape index (κ1) is 16.1. The van der Waals surface area contributed by atoms with Crippen molar-refractivity contribution < 1.29 is 13.2 Å². The third-order valence-corrected chi connectivity index (χ3v) is 4.49. The highest BCUT2D eigenvalue weighted by atomic mass is 35.5. The number of fused-ring (bicyclic) bond motifs is 1. The van der Waals surface area contributed by atoms with Gasteiger partial charge in [-0.15, -0.1) is 11.6 Å². The molecule has 2 aromatic rings. The average molecular weight is 331 g/mol. The predicted molar refractivity (Wildman–Crippen MR) is 84.9 cm³/mol. The van der Waals surface area contributed by atoms with Crippen LogP contribution in [0.4, 0.5) is 0 Å². The van der Waals surface area contributed by atoms with Crippen LogP contribution < -0.4 is 4.74 Å². The van der Waals surface area contributed by atoms with Crippen LogP contribution in [0.15, 0.2) is 18.2 Å². The zero-order valence-corrected chi connectivity index (χ0v) is 13.9. The molecule has 0 spiro atoms. The van der Waals surface area contributed by atoms with E-state index < -0.39 is 9.84 Å². The highest BCUT2D eigenvalue weighted by Crippen LogP contribution is 2.29. The molecule has 1 aromatic carbocycles. The number of imidazole rings is 1. The number of sulfone groups is 1.